The number of ether oxygens (including phenoxy) is 1. The second-order valence-electron chi connectivity index (χ2n) is 4.84. The number of hydrogen-bond acceptors (Lipinski definition) is 2. The van der Waals surface area contributed by atoms with Crippen molar-refractivity contribution in [1.82, 2.24) is 5.32 Å². The zero-order chi connectivity index (χ0) is 12.9. The van der Waals surface area contributed by atoms with E-state index in [-0.39, 0.29) is 11.2 Å². The smallest absolute Gasteiger partial charge is 0.129 e. The van der Waals surface area contributed by atoms with Crippen molar-refractivity contribution in [3.63, 3.8) is 0 Å². The highest BCUT2D eigenvalue weighted by molar-refractivity contribution is 5.23. The topological polar surface area (TPSA) is 21.3 Å². The van der Waals surface area contributed by atoms with Crippen molar-refractivity contribution >= 4 is 0 Å². The molecule has 0 saturated carbocycles. The summed E-state index contributed by atoms with van der Waals surface area (Å²) >= 11 is 0. The molecular formula is C13H19F2NO. The van der Waals surface area contributed by atoms with Crippen molar-refractivity contribution in [2.75, 3.05) is 19.7 Å². The van der Waals surface area contributed by atoms with Gasteiger partial charge in [-0.05, 0) is 6.54 Å². The molecule has 0 aromatic heterocycles. The highest BCUT2D eigenvalue weighted by Gasteiger charge is 2.18. The first kappa shape index (κ1) is 13.9. The molecule has 0 amide bonds. The molecule has 1 N–H and O–H groups in total. The van der Waals surface area contributed by atoms with Crippen molar-refractivity contribution < 1.29 is 13.5 Å². The van der Waals surface area contributed by atoms with Crippen molar-refractivity contribution in [3.8, 4) is 5.75 Å². The molecule has 0 unspecified atom stereocenters. The third-order valence-corrected chi connectivity index (χ3v) is 2.32. The summed E-state index contributed by atoms with van der Waals surface area (Å²) < 4.78 is 31.2. The van der Waals surface area contributed by atoms with E-state index < -0.39 is 11.6 Å². The molecule has 0 radical (unpaired) electrons. The summed E-state index contributed by atoms with van der Waals surface area (Å²) in [6, 6.07) is 3.20. The molecular weight excluding hydrogens is 224 g/mol. The minimum atomic E-state index is -0.621. The summed E-state index contributed by atoms with van der Waals surface area (Å²) in [6.07, 6.45) is 0. The van der Waals surface area contributed by atoms with Crippen LogP contribution in [0.1, 0.15) is 20.8 Å². The molecule has 2 nitrogen and oxygen atoms in total. The van der Waals surface area contributed by atoms with Gasteiger partial charge >= 0.3 is 0 Å². The number of hydrogen-bond donors (Lipinski definition) is 1. The van der Waals surface area contributed by atoms with E-state index in [1.807, 2.05) is 20.8 Å². The van der Waals surface area contributed by atoms with Crippen LogP contribution < -0.4 is 10.1 Å². The Hall–Kier alpha value is -1.16. The number of halogens is 2. The van der Waals surface area contributed by atoms with Crippen LogP contribution in [0.3, 0.4) is 0 Å². The average Bonchev–Trinajstić information content (AvgIpc) is 2.23. The SMILES string of the molecule is CCNCC(C)(C)COc1cc(F)cc(F)c1. The maximum Gasteiger partial charge on any atom is 0.129 e. The summed E-state index contributed by atoms with van der Waals surface area (Å²) in [5, 5.41) is 3.22. The Kier molecular flexibility index (Phi) is 4.87. The maximum absolute atomic E-state index is 12.9. The van der Waals surface area contributed by atoms with Crippen LogP contribution in [0.15, 0.2) is 18.2 Å². The van der Waals surface area contributed by atoms with E-state index in [0.29, 0.717) is 6.61 Å². The Morgan fingerprint density at radius 3 is 2.29 bits per heavy atom. The lowest BCUT2D eigenvalue weighted by molar-refractivity contribution is 0.176. The van der Waals surface area contributed by atoms with Crippen LogP contribution in [0.25, 0.3) is 0 Å². The van der Waals surface area contributed by atoms with E-state index in [1.165, 1.54) is 12.1 Å². The van der Waals surface area contributed by atoms with Gasteiger partial charge in [0.2, 0.25) is 0 Å². The molecule has 0 heterocycles. The summed E-state index contributed by atoms with van der Waals surface area (Å²) in [4.78, 5) is 0. The van der Waals surface area contributed by atoms with Gasteiger partial charge in [-0.2, -0.15) is 0 Å². The van der Waals surface area contributed by atoms with Gasteiger partial charge in [-0.1, -0.05) is 20.8 Å². The van der Waals surface area contributed by atoms with Gasteiger partial charge in [0.05, 0.1) is 6.61 Å². The molecule has 0 aliphatic carbocycles. The van der Waals surface area contributed by atoms with Gasteiger partial charge in [0.1, 0.15) is 17.4 Å². The van der Waals surface area contributed by atoms with Crippen LogP contribution in [0.5, 0.6) is 5.75 Å². The molecule has 0 aliphatic rings. The zero-order valence-electron chi connectivity index (χ0n) is 10.5. The summed E-state index contributed by atoms with van der Waals surface area (Å²) in [5.41, 5.74) is -0.0845. The lowest BCUT2D eigenvalue weighted by Gasteiger charge is -2.24. The van der Waals surface area contributed by atoms with Crippen LogP contribution in [-0.4, -0.2) is 19.7 Å². The highest BCUT2D eigenvalue weighted by atomic mass is 19.1. The Morgan fingerprint density at radius 1 is 1.18 bits per heavy atom. The van der Waals surface area contributed by atoms with Crippen molar-refractivity contribution in [3.05, 3.63) is 29.8 Å². The van der Waals surface area contributed by atoms with E-state index >= 15 is 0 Å². The zero-order valence-corrected chi connectivity index (χ0v) is 10.5. The van der Waals surface area contributed by atoms with Gasteiger partial charge in [-0.15, -0.1) is 0 Å². The summed E-state index contributed by atoms with van der Waals surface area (Å²) in [6.45, 7) is 8.18. The molecule has 1 rings (SSSR count). The van der Waals surface area contributed by atoms with Crippen LogP contribution in [0.2, 0.25) is 0 Å². The fraction of sp³-hybridized carbons (Fsp3) is 0.538. The second-order valence-corrected chi connectivity index (χ2v) is 4.84. The molecule has 17 heavy (non-hydrogen) atoms. The van der Waals surface area contributed by atoms with E-state index in [0.717, 1.165) is 19.2 Å². The lowest BCUT2D eigenvalue weighted by Crippen LogP contribution is -2.34. The third kappa shape index (κ3) is 5.13. The second kappa shape index (κ2) is 5.96. The lowest BCUT2D eigenvalue weighted by atomic mass is 9.95. The van der Waals surface area contributed by atoms with Crippen LogP contribution in [0, 0.1) is 17.0 Å². The fourth-order valence-corrected chi connectivity index (χ4v) is 1.40. The molecule has 0 saturated heterocycles. The molecule has 0 spiro atoms. The fourth-order valence-electron chi connectivity index (χ4n) is 1.40. The molecule has 1 aromatic rings. The summed E-state index contributed by atoms with van der Waals surface area (Å²) in [5.74, 6) is -1.01. The van der Waals surface area contributed by atoms with Gasteiger partial charge in [0, 0.05) is 30.2 Å². The van der Waals surface area contributed by atoms with Gasteiger partial charge in [0.25, 0.3) is 0 Å². The Balaban J connectivity index is 2.54. The van der Waals surface area contributed by atoms with E-state index in [1.54, 1.807) is 0 Å². The standard InChI is InChI=1S/C13H19F2NO/c1-4-16-8-13(2,3)9-17-12-6-10(14)5-11(15)7-12/h5-7,16H,4,8-9H2,1-3H3. The maximum atomic E-state index is 12.9. The van der Waals surface area contributed by atoms with Crippen LogP contribution >= 0.6 is 0 Å². The minimum absolute atomic E-state index is 0.0845. The predicted octanol–water partition coefficient (Wildman–Crippen LogP) is 2.98. The molecule has 0 aliphatic heterocycles. The minimum Gasteiger partial charge on any atom is -0.493 e. The van der Waals surface area contributed by atoms with Crippen LogP contribution in [-0.2, 0) is 0 Å². The van der Waals surface area contributed by atoms with Crippen LogP contribution in [0.4, 0.5) is 8.78 Å². The van der Waals surface area contributed by atoms with Crippen molar-refractivity contribution in [2.24, 2.45) is 5.41 Å². The molecule has 4 heteroatoms. The average molecular weight is 243 g/mol. The number of benzene rings is 1. The highest BCUT2D eigenvalue weighted by Crippen LogP contribution is 2.20. The Morgan fingerprint density at radius 2 is 1.76 bits per heavy atom. The van der Waals surface area contributed by atoms with Gasteiger partial charge < -0.3 is 10.1 Å². The Labute approximate surface area is 101 Å². The van der Waals surface area contributed by atoms with Crippen molar-refractivity contribution in [1.29, 1.82) is 0 Å². The van der Waals surface area contributed by atoms with E-state index in [2.05, 4.69) is 5.32 Å². The quantitative estimate of drug-likeness (QED) is 0.829. The van der Waals surface area contributed by atoms with Crippen molar-refractivity contribution in [2.45, 2.75) is 20.8 Å². The first-order valence-corrected chi connectivity index (χ1v) is 5.72. The Bertz CT molecular complexity index is 346. The number of nitrogens with one attached hydrogen (secondary N) is 1. The summed E-state index contributed by atoms with van der Waals surface area (Å²) in [7, 11) is 0. The molecule has 1 aromatic carbocycles. The largest absolute Gasteiger partial charge is 0.493 e. The number of rotatable bonds is 6. The normalized spacial score (nSPS) is 11.6. The molecule has 0 fully saturated rings. The van der Waals surface area contributed by atoms with Gasteiger partial charge in [-0.3, -0.25) is 0 Å². The monoisotopic (exact) mass is 243 g/mol. The third-order valence-electron chi connectivity index (χ3n) is 2.32. The van der Waals surface area contributed by atoms with E-state index in [9.17, 15) is 8.78 Å². The first-order chi connectivity index (χ1) is 7.93. The molecule has 96 valence electrons. The predicted molar refractivity (Wildman–Crippen MR) is 64.2 cm³/mol. The first-order valence-electron chi connectivity index (χ1n) is 5.72. The molecule has 0 atom stereocenters. The molecule has 0 bridgehead atoms. The van der Waals surface area contributed by atoms with Gasteiger partial charge in [-0.25, -0.2) is 8.78 Å². The van der Waals surface area contributed by atoms with E-state index in [4.69, 9.17) is 4.74 Å². The van der Waals surface area contributed by atoms with Gasteiger partial charge in [0.15, 0.2) is 0 Å².